The van der Waals surface area contributed by atoms with Crippen LogP contribution in [0.3, 0.4) is 0 Å². The van der Waals surface area contributed by atoms with Crippen LogP contribution in [-0.2, 0) is 9.47 Å². The molecule has 0 aromatic rings. The molecule has 1 heterocycles. The Morgan fingerprint density at radius 2 is 2.25 bits per heavy atom. The van der Waals surface area contributed by atoms with Crippen LogP contribution in [0.15, 0.2) is 0 Å². The zero-order valence-electron chi connectivity index (χ0n) is 6.98. The molecule has 1 unspecified atom stereocenters. The number of nitrogens with two attached hydrogens (primary N) is 1. The van der Waals surface area contributed by atoms with Gasteiger partial charge in [0, 0.05) is 13.5 Å². The van der Waals surface area contributed by atoms with Crippen LogP contribution in [0, 0.1) is 0 Å². The van der Waals surface area contributed by atoms with Crippen LogP contribution in [-0.4, -0.2) is 38.4 Å². The van der Waals surface area contributed by atoms with Gasteiger partial charge in [0.1, 0.15) is 5.54 Å². The van der Waals surface area contributed by atoms with Gasteiger partial charge in [-0.1, -0.05) is 0 Å². The Hall–Kier alpha value is -0.260. The van der Waals surface area contributed by atoms with Crippen molar-refractivity contribution in [2.75, 3.05) is 26.9 Å². The van der Waals surface area contributed by atoms with Crippen molar-refractivity contribution in [3.63, 3.8) is 0 Å². The van der Waals surface area contributed by atoms with Crippen LogP contribution in [0.2, 0.25) is 0 Å². The average Bonchev–Trinajstić information content (AvgIpc) is 1.96. The fourth-order valence-corrected chi connectivity index (χ4v) is 1.21. The third-order valence-electron chi connectivity index (χ3n) is 2.05. The fourth-order valence-electron chi connectivity index (χ4n) is 1.21. The highest BCUT2D eigenvalue weighted by atomic mass is 19.3. The van der Waals surface area contributed by atoms with Crippen molar-refractivity contribution in [3.8, 4) is 0 Å². The minimum Gasteiger partial charge on any atom is -0.382 e. The molecule has 1 fully saturated rings. The molecule has 1 aliphatic rings. The second-order valence-electron chi connectivity index (χ2n) is 3.10. The summed E-state index contributed by atoms with van der Waals surface area (Å²) in [5.41, 5.74) is 3.79. The SMILES string of the molecule is COCC1(N)COCCC1(F)F. The summed E-state index contributed by atoms with van der Waals surface area (Å²) >= 11 is 0. The molecule has 1 aliphatic heterocycles. The molecule has 0 radical (unpaired) electrons. The first kappa shape index (κ1) is 9.83. The van der Waals surface area contributed by atoms with Crippen molar-refractivity contribution < 1.29 is 18.3 Å². The van der Waals surface area contributed by atoms with E-state index in [1.54, 1.807) is 0 Å². The third-order valence-corrected chi connectivity index (χ3v) is 2.05. The van der Waals surface area contributed by atoms with E-state index in [0.29, 0.717) is 0 Å². The number of halogens is 2. The minimum absolute atomic E-state index is 0.0651. The summed E-state index contributed by atoms with van der Waals surface area (Å²) in [7, 11) is 1.35. The smallest absolute Gasteiger partial charge is 0.272 e. The Morgan fingerprint density at radius 3 is 2.75 bits per heavy atom. The van der Waals surface area contributed by atoms with Crippen molar-refractivity contribution in [2.24, 2.45) is 5.73 Å². The summed E-state index contributed by atoms with van der Waals surface area (Å²) in [6.45, 7) is -0.260. The molecule has 1 rings (SSSR count). The van der Waals surface area contributed by atoms with Crippen LogP contribution in [0.25, 0.3) is 0 Å². The van der Waals surface area contributed by atoms with Crippen LogP contribution in [0.1, 0.15) is 6.42 Å². The minimum atomic E-state index is -2.89. The molecule has 72 valence electrons. The van der Waals surface area contributed by atoms with E-state index in [4.69, 9.17) is 10.5 Å². The van der Waals surface area contributed by atoms with Crippen molar-refractivity contribution in [3.05, 3.63) is 0 Å². The standard InChI is InChI=1S/C7H13F2NO2/c1-11-4-6(10)5-12-3-2-7(6,8)9/h2-5,10H2,1H3. The van der Waals surface area contributed by atoms with Gasteiger partial charge in [0.2, 0.25) is 0 Å². The van der Waals surface area contributed by atoms with Gasteiger partial charge in [-0.25, -0.2) is 8.78 Å². The van der Waals surface area contributed by atoms with E-state index in [9.17, 15) is 8.78 Å². The van der Waals surface area contributed by atoms with Crippen molar-refractivity contribution >= 4 is 0 Å². The van der Waals surface area contributed by atoms with E-state index in [2.05, 4.69) is 4.74 Å². The van der Waals surface area contributed by atoms with E-state index >= 15 is 0 Å². The van der Waals surface area contributed by atoms with Crippen LogP contribution in [0.5, 0.6) is 0 Å². The first-order valence-electron chi connectivity index (χ1n) is 3.75. The molecule has 0 amide bonds. The van der Waals surface area contributed by atoms with Gasteiger partial charge in [-0.15, -0.1) is 0 Å². The molecule has 0 spiro atoms. The molecule has 0 aromatic carbocycles. The summed E-state index contributed by atoms with van der Waals surface area (Å²) in [6, 6.07) is 0. The molecular formula is C7H13F2NO2. The Kier molecular flexibility index (Phi) is 2.65. The molecule has 2 N–H and O–H groups in total. The maximum Gasteiger partial charge on any atom is 0.272 e. The lowest BCUT2D eigenvalue weighted by atomic mass is 9.90. The predicted octanol–water partition coefficient (Wildman–Crippen LogP) is 0.386. The van der Waals surface area contributed by atoms with E-state index < -0.39 is 11.5 Å². The second kappa shape index (κ2) is 3.24. The van der Waals surface area contributed by atoms with Crippen molar-refractivity contribution in [1.82, 2.24) is 0 Å². The molecule has 5 heteroatoms. The fraction of sp³-hybridized carbons (Fsp3) is 1.00. The predicted molar refractivity (Wildman–Crippen MR) is 39.2 cm³/mol. The Morgan fingerprint density at radius 1 is 1.58 bits per heavy atom. The van der Waals surface area contributed by atoms with E-state index in [1.807, 2.05) is 0 Å². The summed E-state index contributed by atoms with van der Waals surface area (Å²) < 4.78 is 35.8. The molecule has 12 heavy (non-hydrogen) atoms. The lowest BCUT2D eigenvalue weighted by Crippen LogP contribution is -2.64. The van der Waals surface area contributed by atoms with Gasteiger partial charge in [-0.05, 0) is 0 Å². The number of alkyl halides is 2. The van der Waals surface area contributed by atoms with E-state index in [0.717, 1.165) is 0 Å². The number of methoxy groups -OCH3 is 1. The van der Waals surface area contributed by atoms with Crippen molar-refractivity contribution in [2.45, 2.75) is 17.9 Å². The quantitative estimate of drug-likeness (QED) is 0.670. The maximum atomic E-state index is 13.2. The summed E-state index contributed by atoms with van der Waals surface area (Å²) in [5.74, 6) is -2.89. The molecule has 1 saturated heterocycles. The van der Waals surface area contributed by atoms with Gasteiger partial charge in [0.05, 0.1) is 19.8 Å². The maximum absolute atomic E-state index is 13.2. The van der Waals surface area contributed by atoms with Gasteiger partial charge in [0.15, 0.2) is 0 Å². The lowest BCUT2D eigenvalue weighted by molar-refractivity contribution is -0.170. The van der Waals surface area contributed by atoms with Crippen LogP contribution >= 0.6 is 0 Å². The molecule has 0 aromatic heterocycles. The van der Waals surface area contributed by atoms with Gasteiger partial charge in [-0.3, -0.25) is 0 Å². The van der Waals surface area contributed by atoms with Gasteiger partial charge >= 0.3 is 0 Å². The largest absolute Gasteiger partial charge is 0.382 e. The Labute approximate surface area is 69.8 Å². The highest BCUT2D eigenvalue weighted by Gasteiger charge is 2.53. The van der Waals surface area contributed by atoms with Gasteiger partial charge < -0.3 is 15.2 Å². The Balaban J connectivity index is 2.69. The first-order chi connectivity index (χ1) is 5.52. The second-order valence-corrected chi connectivity index (χ2v) is 3.10. The number of hydrogen-bond acceptors (Lipinski definition) is 3. The zero-order chi connectivity index (χ0) is 9.24. The average molecular weight is 181 g/mol. The number of hydrogen-bond donors (Lipinski definition) is 1. The highest BCUT2D eigenvalue weighted by molar-refractivity contribution is 5.00. The lowest BCUT2D eigenvalue weighted by Gasteiger charge is -2.39. The molecular weight excluding hydrogens is 168 g/mol. The summed E-state index contributed by atoms with van der Waals surface area (Å²) in [6.07, 6.45) is -0.327. The third kappa shape index (κ3) is 1.57. The summed E-state index contributed by atoms with van der Waals surface area (Å²) in [4.78, 5) is 0. The first-order valence-corrected chi connectivity index (χ1v) is 3.75. The zero-order valence-corrected chi connectivity index (χ0v) is 6.98. The topological polar surface area (TPSA) is 44.5 Å². The summed E-state index contributed by atoms with van der Waals surface area (Å²) in [5, 5.41) is 0. The molecule has 1 atom stereocenters. The molecule has 0 saturated carbocycles. The van der Waals surface area contributed by atoms with Crippen molar-refractivity contribution in [1.29, 1.82) is 0 Å². The normalized spacial score (nSPS) is 35.0. The monoisotopic (exact) mass is 181 g/mol. The number of rotatable bonds is 2. The van der Waals surface area contributed by atoms with Crippen LogP contribution in [0.4, 0.5) is 8.78 Å². The molecule has 0 bridgehead atoms. The van der Waals surface area contributed by atoms with E-state index in [1.165, 1.54) is 7.11 Å². The van der Waals surface area contributed by atoms with Gasteiger partial charge in [-0.2, -0.15) is 0 Å². The van der Waals surface area contributed by atoms with Crippen LogP contribution < -0.4 is 5.73 Å². The van der Waals surface area contributed by atoms with E-state index in [-0.39, 0.29) is 26.2 Å². The molecule has 3 nitrogen and oxygen atoms in total. The molecule has 0 aliphatic carbocycles. The number of ether oxygens (including phenoxy) is 2. The Bertz CT molecular complexity index is 161. The highest BCUT2D eigenvalue weighted by Crippen LogP contribution is 2.34. The van der Waals surface area contributed by atoms with Gasteiger partial charge in [0.25, 0.3) is 5.92 Å².